The van der Waals surface area contributed by atoms with Crippen molar-refractivity contribution in [3.05, 3.63) is 70.4 Å². The van der Waals surface area contributed by atoms with Gasteiger partial charge in [-0.15, -0.1) is 0 Å². The highest BCUT2D eigenvalue weighted by molar-refractivity contribution is 7.88. The number of halogens is 2. The first kappa shape index (κ1) is 19.6. The van der Waals surface area contributed by atoms with Gasteiger partial charge in [-0.1, -0.05) is 23.4 Å². The lowest BCUT2D eigenvalue weighted by molar-refractivity contribution is 0.450. The van der Waals surface area contributed by atoms with E-state index in [1.807, 2.05) is 0 Å². The molecule has 0 bridgehead atoms. The second kappa shape index (κ2) is 6.86. The molecule has 0 amide bonds. The number of fused-ring (bicyclic) bond motifs is 2. The van der Waals surface area contributed by atoms with E-state index in [-0.39, 0.29) is 29.1 Å². The molecule has 0 saturated carbocycles. The first-order valence-corrected chi connectivity index (χ1v) is 11.2. The smallest absolute Gasteiger partial charge is 0.334 e. The van der Waals surface area contributed by atoms with E-state index in [1.54, 1.807) is 12.1 Å². The number of hydrogen-bond acceptors (Lipinski definition) is 5. The molecule has 0 saturated heterocycles. The lowest BCUT2D eigenvalue weighted by atomic mass is 10.0. The summed E-state index contributed by atoms with van der Waals surface area (Å²) in [6.45, 7) is 0.165. The molecule has 8 nitrogen and oxygen atoms in total. The van der Waals surface area contributed by atoms with Crippen LogP contribution in [0.25, 0.3) is 27.9 Å². The average Bonchev–Trinajstić information content (AvgIpc) is 3.35. The number of aromatic nitrogens is 3. The highest BCUT2D eigenvalue weighted by Gasteiger charge is 2.29. The summed E-state index contributed by atoms with van der Waals surface area (Å²) in [5.41, 5.74) is 0.391. The largest absolute Gasteiger partial charge is 0.354 e. The van der Waals surface area contributed by atoms with E-state index >= 15 is 0 Å². The molecule has 5 rings (SSSR count). The van der Waals surface area contributed by atoms with Gasteiger partial charge in [-0.3, -0.25) is 4.57 Å². The fourth-order valence-corrected chi connectivity index (χ4v) is 4.82. The Morgan fingerprint density at radius 2 is 1.87 bits per heavy atom. The van der Waals surface area contributed by atoms with E-state index in [9.17, 15) is 22.0 Å². The molecular formula is C20H16F2N4O4S. The predicted octanol–water partition coefficient (Wildman–Crippen LogP) is 2.20. The van der Waals surface area contributed by atoms with Gasteiger partial charge in [0, 0.05) is 36.5 Å². The van der Waals surface area contributed by atoms with Crippen LogP contribution < -0.4 is 10.4 Å². The molecule has 2 aromatic heterocycles. The molecule has 4 aromatic rings. The quantitative estimate of drug-likeness (QED) is 0.518. The minimum Gasteiger partial charge on any atom is -0.354 e. The van der Waals surface area contributed by atoms with Gasteiger partial charge < -0.3 is 4.52 Å². The zero-order valence-electron chi connectivity index (χ0n) is 16.2. The third-order valence-electron chi connectivity index (χ3n) is 5.24. The summed E-state index contributed by atoms with van der Waals surface area (Å²) in [4.78, 5) is 13.0. The van der Waals surface area contributed by atoms with Crippen LogP contribution in [0.5, 0.6) is 0 Å². The molecule has 2 aromatic carbocycles. The standard InChI is InChI=1S/C20H16F2N4O4S/c1-31(28,29)24-11-8-12-10-26(20(27)25(12)9-11)19-18-13(4-2-7-16(18)30-23-19)17-14(21)5-3-6-15(17)22/h2-7,10-11,24H,8-9H2,1H3/t11-/m0/s1. The van der Waals surface area contributed by atoms with E-state index < -0.39 is 33.4 Å². The average molecular weight is 446 g/mol. The van der Waals surface area contributed by atoms with Crippen LogP contribution in [0.4, 0.5) is 8.78 Å². The summed E-state index contributed by atoms with van der Waals surface area (Å²) < 4.78 is 62.4. The number of benzene rings is 2. The van der Waals surface area contributed by atoms with Crippen molar-refractivity contribution in [1.82, 2.24) is 19.0 Å². The van der Waals surface area contributed by atoms with Gasteiger partial charge in [0.1, 0.15) is 11.6 Å². The Kier molecular flexibility index (Phi) is 4.34. The monoisotopic (exact) mass is 446 g/mol. The second-order valence-corrected chi connectivity index (χ2v) is 9.24. The van der Waals surface area contributed by atoms with Crippen LogP contribution in [0.15, 0.2) is 51.9 Å². The van der Waals surface area contributed by atoms with E-state index in [1.165, 1.54) is 27.5 Å². The van der Waals surface area contributed by atoms with Crippen LogP contribution in [0.1, 0.15) is 5.69 Å². The molecule has 160 valence electrons. The molecular weight excluding hydrogens is 430 g/mol. The molecule has 0 fully saturated rings. The normalized spacial score (nSPS) is 16.2. The van der Waals surface area contributed by atoms with Crippen LogP contribution in [-0.2, 0) is 23.0 Å². The summed E-state index contributed by atoms with van der Waals surface area (Å²) in [6, 6.07) is 7.86. The second-order valence-electron chi connectivity index (χ2n) is 7.46. The van der Waals surface area contributed by atoms with Crippen LogP contribution in [-0.4, -0.2) is 35.0 Å². The molecule has 1 aliphatic rings. The first-order chi connectivity index (χ1) is 14.7. The van der Waals surface area contributed by atoms with E-state index in [0.29, 0.717) is 17.5 Å². The van der Waals surface area contributed by atoms with Crippen molar-refractivity contribution in [2.75, 3.05) is 6.26 Å². The Morgan fingerprint density at radius 3 is 2.55 bits per heavy atom. The van der Waals surface area contributed by atoms with Crippen LogP contribution in [0.3, 0.4) is 0 Å². The van der Waals surface area contributed by atoms with E-state index in [2.05, 4.69) is 9.88 Å². The molecule has 0 aliphatic carbocycles. The molecule has 1 aliphatic heterocycles. The third-order valence-corrected chi connectivity index (χ3v) is 6.00. The van der Waals surface area contributed by atoms with Gasteiger partial charge in [-0.2, -0.15) is 0 Å². The van der Waals surface area contributed by atoms with Gasteiger partial charge in [0.25, 0.3) is 0 Å². The Hall–Kier alpha value is -3.31. The highest BCUT2D eigenvalue weighted by atomic mass is 32.2. The van der Waals surface area contributed by atoms with E-state index in [4.69, 9.17) is 4.52 Å². The maximum atomic E-state index is 14.5. The summed E-state index contributed by atoms with van der Waals surface area (Å²) in [5.74, 6) is -1.39. The van der Waals surface area contributed by atoms with Gasteiger partial charge in [-0.25, -0.2) is 31.3 Å². The zero-order chi connectivity index (χ0) is 21.9. The molecule has 31 heavy (non-hydrogen) atoms. The number of imidazole rings is 1. The van der Waals surface area contributed by atoms with Gasteiger partial charge in [0.2, 0.25) is 10.0 Å². The van der Waals surface area contributed by atoms with Crippen molar-refractivity contribution in [3.8, 4) is 16.9 Å². The molecule has 0 unspecified atom stereocenters. The lowest BCUT2D eigenvalue weighted by Crippen LogP contribution is -2.36. The summed E-state index contributed by atoms with van der Waals surface area (Å²) in [7, 11) is -3.41. The molecule has 1 atom stereocenters. The fraction of sp³-hybridized carbons (Fsp3) is 0.200. The Bertz CT molecular complexity index is 1480. The lowest BCUT2D eigenvalue weighted by Gasteiger charge is -2.10. The van der Waals surface area contributed by atoms with E-state index in [0.717, 1.165) is 18.4 Å². The predicted molar refractivity (Wildman–Crippen MR) is 108 cm³/mol. The molecule has 0 radical (unpaired) electrons. The Balaban J connectivity index is 1.65. The van der Waals surface area contributed by atoms with Crippen molar-refractivity contribution in [3.63, 3.8) is 0 Å². The highest BCUT2D eigenvalue weighted by Crippen LogP contribution is 2.35. The van der Waals surface area contributed by atoms with Crippen molar-refractivity contribution in [2.24, 2.45) is 0 Å². The Labute approximate surface area is 174 Å². The summed E-state index contributed by atoms with van der Waals surface area (Å²) in [6.07, 6.45) is 2.92. The molecule has 1 N–H and O–H groups in total. The Morgan fingerprint density at radius 1 is 1.16 bits per heavy atom. The van der Waals surface area contributed by atoms with Crippen molar-refractivity contribution in [1.29, 1.82) is 0 Å². The summed E-state index contributed by atoms with van der Waals surface area (Å²) in [5, 5.41) is 4.28. The topological polar surface area (TPSA) is 99.1 Å². The van der Waals surface area contributed by atoms with Gasteiger partial charge in [0.15, 0.2) is 11.4 Å². The fourth-order valence-electron chi connectivity index (χ4n) is 4.06. The number of nitrogens with one attached hydrogen (secondary N) is 1. The number of sulfonamides is 1. The number of nitrogens with zero attached hydrogens (tertiary/aromatic N) is 3. The van der Waals surface area contributed by atoms with Gasteiger partial charge >= 0.3 is 5.69 Å². The molecule has 11 heteroatoms. The maximum absolute atomic E-state index is 14.5. The third kappa shape index (κ3) is 3.26. The zero-order valence-corrected chi connectivity index (χ0v) is 17.0. The molecule has 3 heterocycles. The van der Waals surface area contributed by atoms with Crippen LogP contribution >= 0.6 is 0 Å². The van der Waals surface area contributed by atoms with Crippen molar-refractivity contribution < 1.29 is 21.7 Å². The van der Waals surface area contributed by atoms with Crippen molar-refractivity contribution in [2.45, 2.75) is 19.0 Å². The molecule has 0 spiro atoms. The van der Waals surface area contributed by atoms with Crippen molar-refractivity contribution >= 4 is 21.0 Å². The SMILES string of the molecule is CS(=O)(=O)N[C@H]1Cc2cn(-c3noc4cccc(-c5c(F)cccc5F)c34)c(=O)n2C1. The van der Waals surface area contributed by atoms with Gasteiger partial charge in [0.05, 0.1) is 17.2 Å². The first-order valence-electron chi connectivity index (χ1n) is 9.34. The minimum absolute atomic E-state index is 0.104. The summed E-state index contributed by atoms with van der Waals surface area (Å²) >= 11 is 0. The van der Waals surface area contributed by atoms with Crippen LogP contribution in [0, 0.1) is 11.6 Å². The number of hydrogen-bond donors (Lipinski definition) is 1. The maximum Gasteiger partial charge on any atom is 0.334 e. The van der Waals surface area contributed by atoms with Crippen LogP contribution in [0.2, 0.25) is 0 Å². The minimum atomic E-state index is -3.41. The van der Waals surface area contributed by atoms with Gasteiger partial charge in [-0.05, 0) is 18.2 Å². The number of rotatable bonds is 4.